The van der Waals surface area contributed by atoms with Crippen molar-refractivity contribution in [3.63, 3.8) is 0 Å². The molecule has 3 heteroatoms. The second-order valence-corrected chi connectivity index (χ2v) is 12.0. The molecule has 0 amide bonds. The molecule has 0 unspecified atom stereocenters. The Bertz CT molecular complexity index is 1620. The SMILES string of the molecule is CC1=CC(C)=N/C1=C(/c1ccc(B(c2c(C)cc(C)cc2C)c2c(C)cc(C)cc2C)cc1)c1[nH]c(C)cc1C. The molecule has 0 atom stereocenters. The number of benzene rings is 3. The van der Waals surface area contributed by atoms with E-state index in [1.807, 2.05) is 0 Å². The Morgan fingerprint density at radius 1 is 0.625 bits per heavy atom. The Morgan fingerprint density at radius 3 is 1.52 bits per heavy atom. The number of hydrogen-bond acceptors (Lipinski definition) is 1. The van der Waals surface area contributed by atoms with E-state index in [9.17, 15) is 0 Å². The molecule has 0 bridgehead atoms. The molecule has 0 aliphatic carbocycles. The van der Waals surface area contributed by atoms with E-state index in [2.05, 4.69) is 135 Å². The van der Waals surface area contributed by atoms with E-state index in [4.69, 9.17) is 4.99 Å². The van der Waals surface area contributed by atoms with Crippen LogP contribution in [0.25, 0.3) is 5.57 Å². The molecule has 202 valence electrons. The highest BCUT2D eigenvalue weighted by Gasteiger charge is 2.29. The lowest BCUT2D eigenvalue weighted by atomic mass is 9.34. The van der Waals surface area contributed by atoms with E-state index in [0.29, 0.717) is 0 Å². The number of rotatable bonds is 5. The molecule has 2 nitrogen and oxygen atoms in total. The van der Waals surface area contributed by atoms with E-state index in [1.165, 1.54) is 77.7 Å². The molecule has 0 saturated heterocycles. The van der Waals surface area contributed by atoms with Gasteiger partial charge < -0.3 is 4.98 Å². The van der Waals surface area contributed by atoms with Crippen LogP contribution in [0.5, 0.6) is 0 Å². The zero-order valence-corrected chi connectivity index (χ0v) is 25.8. The lowest BCUT2D eigenvalue weighted by Crippen LogP contribution is -2.55. The van der Waals surface area contributed by atoms with Crippen LogP contribution in [0.3, 0.4) is 0 Å². The summed E-state index contributed by atoms with van der Waals surface area (Å²) in [5.74, 6) is 0. The van der Waals surface area contributed by atoms with E-state index >= 15 is 0 Å². The molecule has 5 rings (SSSR count). The van der Waals surface area contributed by atoms with Crippen LogP contribution < -0.4 is 16.4 Å². The van der Waals surface area contributed by atoms with Crippen LogP contribution in [-0.2, 0) is 0 Å². The van der Waals surface area contributed by atoms with Crippen molar-refractivity contribution in [1.82, 2.24) is 4.98 Å². The van der Waals surface area contributed by atoms with E-state index in [-0.39, 0.29) is 6.71 Å². The quantitative estimate of drug-likeness (QED) is 0.268. The van der Waals surface area contributed by atoms with Gasteiger partial charge in [0, 0.05) is 17.0 Å². The summed E-state index contributed by atoms with van der Waals surface area (Å²) in [6.07, 6.45) is 2.18. The van der Waals surface area contributed by atoms with Crippen molar-refractivity contribution >= 4 is 34.4 Å². The van der Waals surface area contributed by atoms with Crippen molar-refractivity contribution in [3.8, 4) is 0 Å². The van der Waals surface area contributed by atoms with E-state index in [1.54, 1.807) is 0 Å². The van der Waals surface area contributed by atoms with Crippen LogP contribution in [0.15, 0.2) is 76.9 Å². The smallest absolute Gasteiger partial charge is 0.242 e. The second-order valence-electron chi connectivity index (χ2n) is 12.0. The van der Waals surface area contributed by atoms with Crippen molar-refractivity contribution < 1.29 is 0 Å². The predicted molar refractivity (Wildman–Crippen MR) is 176 cm³/mol. The highest BCUT2D eigenvalue weighted by Crippen LogP contribution is 2.34. The molecule has 0 radical (unpaired) electrons. The molecule has 0 fully saturated rings. The number of aromatic amines is 1. The number of aryl methyl sites for hydroxylation is 8. The molecule has 1 aromatic heterocycles. The zero-order valence-electron chi connectivity index (χ0n) is 25.8. The van der Waals surface area contributed by atoms with Gasteiger partial charge in [-0.15, -0.1) is 0 Å². The third kappa shape index (κ3) is 5.06. The third-order valence-electron chi connectivity index (χ3n) is 8.31. The first kappa shape index (κ1) is 27.7. The van der Waals surface area contributed by atoms with Crippen molar-refractivity contribution in [2.75, 3.05) is 0 Å². The highest BCUT2D eigenvalue weighted by atomic mass is 14.8. The molecule has 0 saturated carbocycles. The average molecular weight is 525 g/mol. The van der Waals surface area contributed by atoms with Gasteiger partial charge in [0.25, 0.3) is 0 Å². The Hall–Kier alpha value is -3.85. The van der Waals surface area contributed by atoms with Crippen molar-refractivity contribution in [2.24, 2.45) is 4.99 Å². The molecule has 1 aliphatic rings. The van der Waals surface area contributed by atoms with Gasteiger partial charge in [-0.05, 0) is 98.1 Å². The van der Waals surface area contributed by atoms with Gasteiger partial charge >= 0.3 is 0 Å². The third-order valence-corrected chi connectivity index (χ3v) is 8.31. The Labute approximate surface area is 241 Å². The number of allylic oxidation sites excluding steroid dienone is 2. The summed E-state index contributed by atoms with van der Waals surface area (Å²) in [4.78, 5) is 8.60. The average Bonchev–Trinajstić information content (AvgIpc) is 3.36. The van der Waals surface area contributed by atoms with Crippen molar-refractivity contribution in [3.05, 3.63) is 128 Å². The summed E-state index contributed by atoms with van der Waals surface area (Å²) in [6.45, 7) is 22.2. The number of H-pyrrole nitrogens is 1. The molecule has 4 aromatic rings. The van der Waals surface area contributed by atoms with E-state index < -0.39 is 0 Å². The first-order chi connectivity index (χ1) is 18.9. The van der Waals surface area contributed by atoms with Gasteiger partial charge in [-0.3, -0.25) is 4.99 Å². The summed E-state index contributed by atoms with van der Waals surface area (Å²) >= 11 is 0. The second kappa shape index (κ2) is 10.6. The number of nitrogens with one attached hydrogen (secondary N) is 1. The minimum atomic E-state index is 0.161. The zero-order chi connectivity index (χ0) is 28.9. The van der Waals surface area contributed by atoms with Gasteiger partial charge in [0.05, 0.1) is 11.4 Å². The number of nitrogens with zero attached hydrogens (tertiary/aromatic N) is 1. The topological polar surface area (TPSA) is 28.1 Å². The summed E-state index contributed by atoms with van der Waals surface area (Å²) in [5, 5.41) is 0. The fourth-order valence-corrected chi connectivity index (χ4v) is 6.93. The fraction of sp³-hybridized carbons (Fsp3) is 0.270. The first-order valence-corrected chi connectivity index (χ1v) is 14.3. The minimum Gasteiger partial charge on any atom is -0.358 e. The van der Waals surface area contributed by atoms with Gasteiger partial charge in [0.2, 0.25) is 6.71 Å². The number of aromatic nitrogens is 1. The van der Waals surface area contributed by atoms with Gasteiger partial charge in [0.1, 0.15) is 0 Å². The van der Waals surface area contributed by atoms with Crippen molar-refractivity contribution in [2.45, 2.75) is 69.2 Å². The molecular weight excluding hydrogens is 483 g/mol. The standard InChI is InChI=1S/C37H41BN2/c1-21-15-23(3)34(24(4)16-21)38(35-25(5)17-22(2)18-26(35)6)32-13-11-31(12-14-32)33(36-27(7)19-29(9)39-36)37-28(8)20-30(10)40-37/h11-20,39H,1-10H3/b37-33-. The molecule has 3 aromatic carbocycles. The van der Waals surface area contributed by atoms with Gasteiger partial charge in [-0.1, -0.05) is 98.3 Å². The maximum atomic E-state index is 4.97. The van der Waals surface area contributed by atoms with Gasteiger partial charge in [-0.25, -0.2) is 0 Å². The summed E-state index contributed by atoms with van der Waals surface area (Å²) < 4.78 is 0. The predicted octanol–water partition coefficient (Wildman–Crippen LogP) is 7.18. The number of aliphatic imine (C=N–C) groups is 1. The Balaban J connectivity index is 1.73. The molecule has 40 heavy (non-hydrogen) atoms. The molecule has 2 heterocycles. The van der Waals surface area contributed by atoms with Gasteiger partial charge in [-0.2, -0.15) is 0 Å². The molecular formula is C37H41BN2. The maximum absolute atomic E-state index is 4.97. The summed E-state index contributed by atoms with van der Waals surface area (Å²) in [6, 6.07) is 20.8. The molecule has 1 aliphatic heterocycles. The van der Waals surface area contributed by atoms with Crippen LogP contribution in [0, 0.1) is 55.4 Å². The highest BCUT2D eigenvalue weighted by molar-refractivity contribution is 6.96. The fourth-order valence-electron chi connectivity index (χ4n) is 6.93. The summed E-state index contributed by atoms with van der Waals surface area (Å²) in [7, 11) is 0. The van der Waals surface area contributed by atoms with Crippen LogP contribution in [0.2, 0.25) is 0 Å². The summed E-state index contributed by atoms with van der Waals surface area (Å²) in [5.41, 5.74) is 21.4. The van der Waals surface area contributed by atoms with Crippen LogP contribution >= 0.6 is 0 Å². The lowest BCUT2D eigenvalue weighted by molar-refractivity contribution is 1.21. The largest absolute Gasteiger partial charge is 0.358 e. The molecule has 0 spiro atoms. The normalized spacial score (nSPS) is 14.3. The maximum Gasteiger partial charge on any atom is 0.242 e. The molecule has 1 N–H and O–H groups in total. The van der Waals surface area contributed by atoms with Crippen molar-refractivity contribution in [1.29, 1.82) is 0 Å². The van der Waals surface area contributed by atoms with Crippen LogP contribution in [0.1, 0.15) is 69.7 Å². The number of hydrogen-bond donors (Lipinski definition) is 1. The van der Waals surface area contributed by atoms with Crippen LogP contribution in [-0.4, -0.2) is 17.4 Å². The van der Waals surface area contributed by atoms with Crippen LogP contribution in [0.4, 0.5) is 0 Å². The van der Waals surface area contributed by atoms with Gasteiger partial charge in [0.15, 0.2) is 0 Å². The first-order valence-electron chi connectivity index (χ1n) is 14.3. The van der Waals surface area contributed by atoms with E-state index in [0.717, 1.165) is 17.1 Å². The Kier molecular flexibility index (Phi) is 7.35. The monoisotopic (exact) mass is 524 g/mol. The Morgan fingerprint density at radius 2 is 1.12 bits per heavy atom. The lowest BCUT2D eigenvalue weighted by Gasteiger charge is -2.25. The minimum absolute atomic E-state index is 0.161.